The normalized spacial score (nSPS) is 13.3. The molecule has 0 saturated carbocycles. The molecule has 0 radical (unpaired) electrons. The second-order valence-electron chi connectivity index (χ2n) is 4.76. The SMILES string of the molecule is CCOCC(Nc1cc(NN)nc(C(F)(F)F)n1)C(C)C. The number of ether oxygens (including phenoxy) is 1. The highest BCUT2D eigenvalue weighted by atomic mass is 19.4. The van der Waals surface area contributed by atoms with E-state index in [1.54, 1.807) is 0 Å². The lowest BCUT2D eigenvalue weighted by atomic mass is 10.1. The Hall–Kier alpha value is -1.61. The second kappa shape index (κ2) is 7.41. The summed E-state index contributed by atoms with van der Waals surface area (Å²) in [6.45, 7) is 6.61. The number of nitrogen functional groups attached to an aromatic ring is 1. The summed E-state index contributed by atoms with van der Waals surface area (Å²) in [5.41, 5.74) is 2.10. The third kappa shape index (κ3) is 5.35. The van der Waals surface area contributed by atoms with Crippen molar-refractivity contribution >= 4 is 11.6 Å². The minimum Gasteiger partial charge on any atom is -0.380 e. The molecule has 0 aliphatic carbocycles. The van der Waals surface area contributed by atoms with E-state index in [1.165, 1.54) is 6.07 Å². The lowest BCUT2D eigenvalue weighted by Gasteiger charge is -2.23. The number of aromatic nitrogens is 2. The summed E-state index contributed by atoms with van der Waals surface area (Å²) in [6, 6.07) is 1.14. The highest BCUT2D eigenvalue weighted by Crippen LogP contribution is 2.28. The maximum Gasteiger partial charge on any atom is 0.451 e. The van der Waals surface area contributed by atoms with Crippen LogP contribution in [-0.2, 0) is 10.9 Å². The molecular formula is C12H20F3N5O. The van der Waals surface area contributed by atoms with Crippen molar-refractivity contribution in [2.24, 2.45) is 11.8 Å². The van der Waals surface area contributed by atoms with E-state index in [9.17, 15) is 13.2 Å². The smallest absolute Gasteiger partial charge is 0.380 e. The van der Waals surface area contributed by atoms with Crippen molar-refractivity contribution in [1.29, 1.82) is 0 Å². The Bertz CT molecular complexity index is 453. The fourth-order valence-corrected chi connectivity index (χ4v) is 1.56. The average molecular weight is 307 g/mol. The van der Waals surface area contributed by atoms with Crippen molar-refractivity contribution in [2.45, 2.75) is 33.0 Å². The van der Waals surface area contributed by atoms with Crippen LogP contribution in [0, 0.1) is 5.92 Å². The van der Waals surface area contributed by atoms with Gasteiger partial charge < -0.3 is 15.5 Å². The van der Waals surface area contributed by atoms with E-state index in [0.717, 1.165) is 0 Å². The van der Waals surface area contributed by atoms with Crippen LogP contribution in [0.2, 0.25) is 0 Å². The summed E-state index contributed by atoms with van der Waals surface area (Å²) in [5.74, 6) is 3.97. The van der Waals surface area contributed by atoms with Crippen molar-refractivity contribution in [1.82, 2.24) is 9.97 Å². The summed E-state index contributed by atoms with van der Waals surface area (Å²) in [7, 11) is 0. The number of halogens is 3. The Morgan fingerprint density at radius 1 is 1.29 bits per heavy atom. The maximum atomic E-state index is 12.7. The van der Waals surface area contributed by atoms with E-state index >= 15 is 0 Å². The zero-order chi connectivity index (χ0) is 16.0. The maximum absolute atomic E-state index is 12.7. The largest absolute Gasteiger partial charge is 0.451 e. The standard InChI is InChI=1S/C12H20F3N5O/c1-4-21-6-8(7(2)3)17-9-5-10(20-16)19-11(18-9)12(13,14)15/h5,7-8H,4,6,16H2,1-3H3,(H2,17,18,19,20). The van der Waals surface area contributed by atoms with E-state index < -0.39 is 12.0 Å². The molecule has 1 unspecified atom stereocenters. The lowest BCUT2D eigenvalue weighted by Crippen LogP contribution is -2.32. The number of anilines is 2. The molecule has 1 atom stereocenters. The minimum atomic E-state index is -4.64. The zero-order valence-corrected chi connectivity index (χ0v) is 12.2. The first-order valence-corrected chi connectivity index (χ1v) is 6.55. The van der Waals surface area contributed by atoms with Crippen LogP contribution in [0.15, 0.2) is 6.07 Å². The molecule has 120 valence electrons. The Kier molecular flexibility index (Phi) is 6.16. The average Bonchev–Trinajstić information content (AvgIpc) is 2.41. The van der Waals surface area contributed by atoms with Crippen molar-refractivity contribution < 1.29 is 17.9 Å². The van der Waals surface area contributed by atoms with Crippen LogP contribution in [0.1, 0.15) is 26.6 Å². The summed E-state index contributed by atoms with van der Waals surface area (Å²) < 4.78 is 43.5. The van der Waals surface area contributed by atoms with Crippen molar-refractivity contribution in [3.05, 3.63) is 11.9 Å². The summed E-state index contributed by atoms with van der Waals surface area (Å²) in [5, 5.41) is 2.93. The number of rotatable bonds is 7. The zero-order valence-electron chi connectivity index (χ0n) is 12.2. The van der Waals surface area contributed by atoms with Gasteiger partial charge in [-0.2, -0.15) is 13.2 Å². The lowest BCUT2D eigenvalue weighted by molar-refractivity contribution is -0.144. The highest BCUT2D eigenvalue weighted by molar-refractivity contribution is 5.47. The van der Waals surface area contributed by atoms with Gasteiger partial charge in [0, 0.05) is 12.7 Å². The van der Waals surface area contributed by atoms with Gasteiger partial charge in [-0.05, 0) is 12.8 Å². The van der Waals surface area contributed by atoms with Gasteiger partial charge in [0.1, 0.15) is 11.6 Å². The first-order chi connectivity index (χ1) is 9.77. The molecule has 6 nitrogen and oxygen atoms in total. The molecule has 1 aromatic rings. The molecule has 0 amide bonds. The molecule has 0 fully saturated rings. The summed E-state index contributed by atoms with van der Waals surface area (Å²) in [4.78, 5) is 6.78. The second-order valence-corrected chi connectivity index (χ2v) is 4.76. The third-order valence-electron chi connectivity index (χ3n) is 2.77. The molecule has 1 aromatic heterocycles. The van der Waals surface area contributed by atoms with Gasteiger partial charge >= 0.3 is 6.18 Å². The topological polar surface area (TPSA) is 85.1 Å². The van der Waals surface area contributed by atoms with E-state index in [0.29, 0.717) is 13.2 Å². The molecule has 0 aromatic carbocycles. The first kappa shape index (κ1) is 17.4. The number of alkyl halides is 3. The monoisotopic (exact) mass is 307 g/mol. The number of nitrogens with two attached hydrogens (primary N) is 1. The van der Waals surface area contributed by atoms with Crippen LogP contribution in [0.5, 0.6) is 0 Å². The number of nitrogens with one attached hydrogen (secondary N) is 2. The number of hydrogen-bond acceptors (Lipinski definition) is 6. The highest BCUT2D eigenvalue weighted by Gasteiger charge is 2.35. The van der Waals surface area contributed by atoms with Gasteiger partial charge in [-0.25, -0.2) is 15.8 Å². The van der Waals surface area contributed by atoms with Crippen LogP contribution < -0.4 is 16.6 Å². The Morgan fingerprint density at radius 2 is 1.90 bits per heavy atom. The molecule has 1 heterocycles. The van der Waals surface area contributed by atoms with Crippen LogP contribution in [0.4, 0.5) is 24.8 Å². The fraction of sp³-hybridized carbons (Fsp3) is 0.667. The molecule has 0 bridgehead atoms. The molecule has 0 aliphatic heterocycles. The first-order valence-electron chi connectivity index (χ1n) is 6.55. The van der Waals surface area contributed by atoms with E-state index in [1.807, 2.05) is 20.8 Å². The van der Waals surface area contributed by atoms with E-state index in [2.05, 4.69) is 20.7 Å². The molecule has 9 heteroatoms. The molecule has 0 spiro atoms. The quantitative estimate of drug-likeness (QED) is 0.529. The van der Waals surface area contributed by atoms with Crippen molar-refractivity contribution in [3.8, 4) is 0 Å². The predicted molar refractivity (Wildman–Crippen MR) is 73.6 cm³/mol. The minimum absolute atomic E-state index is 0.0451. The molecular weight excluding hydrogens is 287 g/mol. The van der Waals surface area contributed by atoms with Crippen LogP contribution in [-0.4, -0.2) is 29.2 Å². The third-order valence-corrected chi connectivity index (χ3v) is 2.77. The van der Waals surface area contributed by atoms with E-state index in [4.69, 9.17) is 10.6 Å². The van der Waals surface area contributed by atoms with Gasteiger partial charge in [-0.3, -0.25) is 0 Å². The molecule has 4 N–H and O–H groups in total. The van der Waals surface area contributed by atoms with Gasteiger partial charge in [0.25, 0.3) is 0 Å². The number of nitrogens with zero attached hydrogens (tertiary/aromatic N) is 2. The number of hydrazine groups is 1. The Balaban J connectivity index is 2.99. The van der Waals surface area contributed by atoms with Crippen molar-refractivity contribution in [2.75, 3.05) is 24.0 Å². The van der Waals surface area contributed by atoms with Crippen LogP contribution >= 0.6 is 0 Å². The molecule has 1 rings (SSSR count). The van der Waals surface area contributed by atoms with Gasteiger partial charge in [-0.15, -0.1) is 0 Å². The Labute approximate surface area is 121 Å². The summed E-state index contributed by atoms with van der Waals surface area (Å²) >= 11 is 0. The number of hydrogen-bond donors (Lipinski definition) is 3. The van der Waals surface area contributed by atoms with Crippen LogP contribution in [0.25, 0.3) is 0 Å². The van der Waals surface area contributed by atoms with Gasteiger partial charge in [0.2, 0.25) is 5.82 Å². The van der Waals surface area contributed by atoms with Gasteiger partial charge in [-0.1, -0.05) is 13.8 Å². The van der Waals surface area contributed by atoms with Crippen LogP contribution in [0.3, 0.4) is 0 Å². The molecule has 0 aliphatic rings. The Morgan fingerprint density at radius 3 is 2.38 bits per heavy atom. The molecule has 0 saturated heterocycles. The predicted octanol–water partition coefficient (Wildman–Crippen LogP) is 2.25. The fourth-order valence-electron chi connectivity index (χ4n) is 1.56. The van der Waals surface area contributed by atoms with Gasteiger partial charge in [0.05, 0.1) is 12.6 Å². The van der Waals surface area contributed by atoms with Gasteiger partial charge in [0.15, 0.2) is 0 Å². The molecule has 21 heavy (non-hydrogen) atoms. The van der Waals surface area contributed by atoms with E-state index in [-0.39, 0.29) is 23.6 Å². The van der Waals surface area contributed by atoms with Crippen molar-refractivity contribution in [3.63, 3.8) is 0 Å². The summed E-state index contributed by atoms with van der Waals surface area (Å²) in [6.07, 6.45) is -4.64.